The van der Waals surface area contributed by atoms with Crippen molar-refractivity contribution in [3.63, 3.8) is 0 Å². The van der Waals surface area contributed by atoms with Crippen molar-refractivity contribution in [1.29, 1.82) is 0 Å². The number of rotatable bonds is 1. The second kappa shape index (κ2) is 5.01. The summed E-state index contributed by atoms with van der Waals surface area (Å²) < 4.78 is 0. The zero-order chi connectivity index (χ0) is 14.2. The molecule has 1 aromatic heterocycles. The largest absolute Gasteiger partial charge is 0.386 e. The summed E-state index contributed by atoms with van der Waals surface area (Å²) in [6.45, 7) is 0.990. The van der Waals surface area contributed by atoms with E-state index in [4.69, 9.17) is 0 Å². The maximum atomic E-state index is 10.8. The third-order valence-electron chi connectivity index (χ3n) is 4.51. The van der Waals surface area contributed by atoms with Gasteiger partial charge in [0.15, 0.2) is 0 Å². The highest BCUT2D eigenvalue weighted by Gasteiger charge is 2.31. The molecule has 4 rings (SSSR count). The molecule has 0 bridgehead atoms. The molecule has 0 amide bonds. The molecule has 0 radical (unpaired) electrons. The fourth-order valence-electron chi connectivity index (χ4n) is 3.46. The lowest BCUT2D eigenvalue weighted by atomic mass is 9.89. The fraction of sp³-hybridized carbons (Fsp3) is 0.278. The van der Waals surface area contributed by atoms with Crippen LogP contribution < -0.4 is 4.90 Å². The highest BCUT2D eigenvalue weighted by atomic mass is 16.3. The number of pyridine rings is 1. The molecule has 2 heterocycles. The second-order valence-electron chi connectivity index (χ2n) is 5.72. The van der Waals surface area contributed by atoms with Crippen LogP contribution in [0.1, 0.15) is 29.2 Å². The molecular formula is C18H18N2O. The molecule has 106 valence electrons. The molecule has 0 spiro atoms. The first kappa shape index (κ1) is 12.6. The molecule has 1 aliphatic carbocycles. The van der Waals surface area contributed by atoms with Crippen LogP contribution in [0.3, 0.4) is 0 Å². The topological polar surface area (TPSA) is 36.4 Å². The maximum Gasteiger partial charge on any atom is 0.104 e. The van der Waals surface area contributed by atoms with Crippen LogP contribution in [0.2, 0.25) is 0 Å². The summed E-state index contributed by atoms with van der Waals surface area (Å²) in [5, 5.41) is 10.8. The van der Waals surface area contributed by atoms with Gasteiger partial charge < -0.3 is 10.0 Å². The molecule has 2 aromatic rings. The summed E-state index contributed by atoms with van der Waals surface area (Å²) in [6, 6.07) is 10.5. The van der Waals surface area contributed by atoms with E-state index >= 15 is 0 Å². The predicted molar refractivity (Wildman–Crippen MR) is 84.1 cm³/mol. The smallest absolute Gasteiger partial charge is 0.104 e. The van der Waals surface area contributed by atoms with Gasteiger partial charge in [0.25, 0.3) is 0 Å². The van der Waals surface area contributed by atoms with Crippen molar-refractivity contribution in [3.8, 4) is 0 Å². The van der Waals surface area contributed by atoms with E-state index in [-0.39, 0.29) is 6.04 Å². The van der Waals surface area contributed by atoms with Gasteiger partial charge in [0.2, 0.25) is 0 Å². The van der Waals surface area contributed by atoms with Crippen molar-refractivity contribution >= 4 is 11.8 Å². The van der Waals surface area contributed by atoms with Gasteiger partial charge in [-0.3, -0.25) is 4.98 Å². The van der Waals surface area contributed by atoms with Crippen LogP contribution in [0.5, 0.6) is 0 Å². The SMILES string of the molecule is O[C@@H]1c2ccncc2C=C[C@H]1N1CCCc2ccccc21. The summed E-state index contributed by atoms with van der Waals surface area (Å²) in [4.78, 5) is 6.47. The van der Waals surface area contributed by atoms with E-state index in [0.717, 1.165) is 30.5 Å². The first-order chi connectivity index (χ1) is 10.3. The number of benzene rings is 1. The molecule has 1 N–H and O–H groups in total. The number of para-hydroxylation sites is 1. The van der Waals surface area contributed by atoms with Gasteiger partial charge in [-0.15, -0.1) is 0 Å². The van der Waals surface area contributed by atoms with Gasteiger partial charge in [-0.1, -0.05) is 30.4 Å². The number of hydrogen-bond acceptors (Lipinski definition) is 3. The third-order valence-corrected chi connectivity index (χ3v) is 4.51. The lowest BCUT2D eigenvalue weighted by molar-refractivity contribution is 0.156. The number of nitrogens with zero attached hydrogens (tertiary/aromatic N) is 2. The Morgan fingerprint density at radius 2 is 2.10 bits per heavy atom. The average Bonchev–Trinajstić information content (AvgIpc) is 2.55. The Morgan fingerprint density at radius 3 is 3.05 bits per heavy atom. The summed E-state index contributed by atoms with van der Waals surface area (Å²) in [6.07, 6.45) is 9.52. The summed E-state index contributed by atoms with van der Waals surface area (Å²) >= 11 is 0. The Labute approximate surface area is 124 Å². The molecule has 2 atom stereocenters. The van der Waals surface area contributed by atoms with E-state index in [1.807, 2.05) is 12.3 Å². The highest BCUT2D eigenvalue weighted by Crippen LogP contribution is 2.36. The molecule has 0 unspecified atom stereocenters. The van der Waals surface area contributed by atoms with Gasteiger partial charge in [0.05, 0.1) is 6.04 Å². The van der Waals surface area contributed by atoms with Crippen LogP contribution in [0.15, 0.2) is 48.8 Å². The van der Waals surface area contributed by atoms with Crippen LogP contribution in [0, 0.1) is 0 Å². The molecule has 0 saturated carbocycles. The minimum Gasteiger partial charge on any atom is -0.386 e. The molecule has 0 fully saturated rings. The number of aryl methyl sites for hydroxylation is 1. The Bertz CT molecular complexity index is 695. The lowest BCUT2D eigenvalue weighted by Gasteiger charge is -2.40. The van der Waals surface area contributed by atoms with Crippen molar-refractivity contribution in [3.05, 3.63) is 65.5 Å². The van der Waals surface area contributed by atoms with Crippen molar-refractivity contribution < 1.29 is 5.11 Å². The molecule has 3 nitrogen and oxygen atoms in total. The van der Waals surface area contributed by atoms with Gasteiger partial charge >= 0.3 is 0 Å². The van der Waals surface area contributed by atoms with E-state index in [0.29, 0.717) is 0 Å². The number of hydrogen-bond donors (Lipinski definition) is 1. The lowest BCUT2D eigenvalue weighted by Crippen LogP contribution is -2.42. The number of anilines is 1. The predicted octanol–water partition coefficient (Wildman–Crippen LogP) is 2.96. The zero-order valence-corrected chi connectivity index (χ0v) is 11.8. The molecule has 2 aliphatic rings. The Kier molecular flexibility index (Phi) is 3.00. The number of aromatic nitrogens is 1. The fourth-order valence-corrected chi connectivity index (χ4v) is 3.46. The highest BCUT2D eigenvalue weighted by molar-refractivity contribution is 5.63. The van der Waals surface area contributed by atoms with E-state index in [2.05, 4.69) is 46.3 Å². The van der Waals surface area contributed by atoms with E-state index < -0.39 is 6.10 Å². The van der Waals surface area contributed by atoms with Crippen LogP contribution in [-0.4, -0.2) is 22.7 Å². The van der Waals surface area contributed by atoms with E-state index in [9.17, 15) is 5.11 Å². The van der Waals surface area contributed by atoms with Gasteiger partial charge in [-0.25, -0.2) is 0 Å². The maximum absolute atomic E-state index is 10.8. The van der Waals surface area contributed by atoms with Gasteiger partial charge in [0, 0.05) is 24.6 Å². The molecule has 0 saturated heterocycles. The van der Waals surface area contributed by atoms with E-state index in [1.165, 1.54) is 11.3 Å². The number of aliphatic hydroxyl groups excluding tert-OH is 1. The van der Waals surface area contributed by atoms with Crippen LogP contribution in [-0.2, 0) is 6.42 Å². The second-order valence-corrected chi connectivity index (χ2v) is 5.72. The van der Waals surface area contributed by atoms with Crippen LogP contribution in [0.25, 0.3) is 6.08 Å². The molecular weight excluding hydrogens is 260 g/mol. The van der Waals surface area contributed by atoms with Crippen LogP contribution >= 0.6 is 0 Å². The van der Waals surface area contributed by atoms with E-state index in [1.54, 1.807) is 6.20 Å². The minimum atomic E-state index is -0.501. The van der Waals surface area contributed by atoms with Gasteiger partial charge in [-0.2, -0.15) is 0 Å². The monoisotopic (exact) mass is 278 g/mol. The van der Waals surface area contributed by atoms with Crippen molar-refractivity contribution in [2.45, 2.75) is 25.0 Å². The van der Waals surface area contributed by atoms with Gasteiger partial charge in [0.1, 0.15) is 6.10 Å². The van der Waals surface area contributed by atoms with Crippen molar-refractivity contribution in [2.75, 3.05) is 11.4 Å². The Hall–Kier alpha value is -2.13. The van der Waals surface area contributed by atoms with Crippen LogP contribution in [0.4, 0.5) is 5.69 Å². The normalized spacial score (nSPS) is 23.6. The number of aliphatic hydroxyl groups is 1. The molecule has 1 aromatic carbocycles. The third kappa shape index (κ3) is 2.05. The summed E-state index contributed by atoms with van der Waals surface area (Å²) in [5.41, 5.74) is 4.63. The molecule has 3 heteroatoms. The first-order valence-electron chi connectivity index (χ1n) is 7.49. The number of fused-ring (bicyclic) bond motifs is 2. The molecule has 21 heavy (non-hydrogen) atoms. The average molecular weight is 278 g/mol. The molecule has 1 aliphatic heterocycles. The Balaban J connectivity index is 1.73. The summed E-state index contributed by atoms with van der Waals surface area (Å²) in [5.74, 6) is 0. The zero-order valence-electron chi connectivity index (χ0n) is 11.8. The summed E-state index contributed by atoms with van der Waals surface area (Å²) in [7, 11) is 0. The minimum absolute atomic E-state index is 0.00125. The van der Waals surface area contributed by atoms with Gasteiger partial charge in [-0.05, 0) is 41.7 Å². The first-order valence-corrected chi connectivity index (χ1v) is 7.49. The standard InChI is InChI=1S/C18H18N2O/c21-18-15-9-10-19-12-14(15)7-8-17(18)20-11-3-5-13-4-1-2-6-16(13)20/h1-2,4,6-10,12,17-18,21H,3,5,11H2/t17-,18-/m1/s1. The Morgan fingerprint density at radius 1 is 1.19 bits per heavy atom. The van der Waals surface area contributed by atoms with Crippen molar-refractivity contribution in [2.24, 2.45) is 0 Å². The van der Waals surface area contributed by atoms with Crippen molar-refractivity contribution in [1.82, 2.24) is 4.98 Å². The quantitative estimate of drug-likeness (QED) is 0.871.